The van der Waals surface area contributed by atoms with Gasteiger partial charge >= 0.3 is 0 Å². The molecule has 1 aliphatic heterocycles. The SMILES string of the molecule is COc1cccc(C(C)NC2CCSc3ccccc32)c1. The summed E-state index contributed by atoms with van der Waals surface area (Å²) in [5.41, 5.74) is 2.70. The van der Waals surface area contributed by atoms with E-state index in [9.17, 15) is 0 Å². The van der Waals surface area contributed by atoms with Crippen LogP contribution < -0.4 is 10.1 Å². The molecule has 0 aromatic heterocycles. The van der Waals surface area contributed by atoms with Gasteiger partial charge in [0.15, 0.2) is 0 Å². The summed E-state index contributed by atoms with van der Waals surface area (Å²) in [4.78, 5) is 1.42. The third-order valence-corrected chi connectivity index (χ3v) is 5.13. The molecule has 0 radical (unpaired) electrons. The van der Waals surface area contributed by atoms with Gasteiger partial charge in [-0.2, -0.15) is 0 Å². The molecule has 2 aromatic carbocycles. The van der Waals surface area contributed by atoms with Gasteiger partial charge in [0.1, 0.15) is 5.75 Å². The first kappa shape index (κ1) is 14.5. The molecule has 2 unspecified atom stereocenters. The highest BCUT2D eigenvalue weighted by atomic mass is 32.2. The van der Waals surface area contributed by atoms with Gasteiger partial charge in [0.05, 0.1) is 7.11 Å². The zero-order chi connectivity index (χ0) is 14.7. The van der Waals surface area contributed by atoms with Gasteiger partial charge < -0.3 is 10.1 Å². The minimum absolute atomic E-state index is 0.307. The summed E-state index contributed by atoms with van der Waals surface area (Å²) in [7, 11) is 1.71. The molecule has 0 bridgehead atoms. The van der Waals surface area contributed by atoms with Gasteiger partial charge in [-0.3, -0.25) is 0 Å². The van der Waals surface area contributed by atoms with Crippen molar-refractivity contribution in [3.05, 3.63) is 59.7 Å². The number of benzene rings is 2. The molecule has 1 aliphatic rings. The second kappa shape index (κ2) is 6.54. The van der Waals surface area contributed by atoms with E-state index in [1.165, 1.54) is 28.2 Å². The lowest BCUT2D eigenvalue weighted by atomic mass is 10.0. The van der Waals surface area contributed by atoms with Crippen LogP contribution in [0.2, 0.25) is 0 Å². The third-order valence-electron chi connectivity index (χ3n) is 4.00. The number of ether oxygens (including phenoxy) is 1. The molecule has 2 aromatic rings. The number of thioether (sulfide) groups is 1. The van der Waals surface area contributed by atoms with Crippen molar-refractivity contribution in [1.82, 2.24) is 5.32 Å². The van der Waals surface area contributed by atoms with Crippen LogP contribution in [0.1, 0.15) is 36.6 Å². The molecule has 0 spiro atoms. The first-order valence-corrected chi connectivity index (χ1v) is 8.38. The van der Waals surface area contributed by atoms with Crippen molar-refractivity contribution in [2.75, 3.05) is 12.9 Å². The summed E-state index contributed by atoms with van der Waals surface area (Å²) in [6.45, 7) is 2.22. The van der Waals surface area contributed by atoms with Gasteiger partial charge in [-0.1, -0.05) is 30.3 Å². The van der Waals surface area contributed by atoms with Crippen molar-refractivity contribution < 1.29 is 4.74 Å². The molecule has 0 fully saturated rings. The molecule has 0 saturated carbocycles. The van der Waals surface area contributed by atoms with Crippen LogP contribution in [-0.2, 0) is 0 Å². The average molecular weight is 299 g/mol. The third kappa shape index (κ3) is 3.25. The largest absolute Gasteiger partial charge is 0.497 e. The Kier molecular flexibility index (Phi) is 4.51. The van der Waals surface area contributed by atoms with Crippen LogP contribution in [0.15, 0.2) is 53.4 Å². The van der Waals surface area contributed by atoms with Crippen LogP contribution >= 0.6 is 11.8 Å². The van der Waals surface area contributed by atoms with Crippen LogP contribution in [0.4, 0.5) is 0 Å². The van der Waals surface area contributed by atoms with Gasteiger partial charge in [0, 0.05) is 17.0 Å². The van der Waals surface area contributed by atoms with Gasteiger partial charge in [0.25, 0.3) is 0 Å². The quantitative estimate of drug-likeness (QED) is 0.892. The van der Waals surface area contributed by atoms with Crippen LogP contribution in [-0.4, -0.2) is 12.9 Å². The normalized spacial score (nSPS) is 18.9. The van der Waals surface area contributed by atoms with Crippen molar-refractivity contribution in [2.24, 2.45) is 0 Å². The Morgan fingerprint density at radius 3 is 2.90 bits per heavy atom. The van der Waals surface area contributed by atoms with Crippen LogP contribution in [0.3, 0.4) is 0 Å². The predicted molar refractivity (Wildman–Crippen MR) is 89.1 cm³/mol. The first-order valence-electron chi connectivity index (χ1n) is 7.39. The van der Waals surface area contributed by atoms with E-state index in [0.717, 1.165) is 5.75 Å². The summed E-state index contributed by atoms with van der Waals surface area (Å²) < 4.78 is 5.32. The Hall–Kier alpha value is -1.45. The highest BCUT2D eigenvalue weighted by Gasteiger charge is 2.22. The fraction of sp³-hybridized carbons (Fsp3) is 0.333. The Morgan fingerprint density at radius 1 is 1.19 bits per heavy atom. The molecule has 2 nitrogen and oxygen atoms in total. The maximum atomic E-state index is 5.32. The second-order valence-corrected chi connectivity index (χ2v) is 6.53. The molecule has 0 saturated heterocycles. The zero-order valence-corrected chi connectivity index (χ0v) is 13.3. The van der Waals surface area contributed by atoms with Crippen molar-refractivity contribution in [1.29, 1.82) is 0 Å². The first-order chi connectivity index (χ1) is 10.3. The Bertz CT molecular complexity index is 614. The predicted octanol–water partition coefficient (Wildman–Crippen LogP) is 4.58. The van der Waals surface area contributed by atoms with E-state index in [1.807, 2.05) is 17.8 Å². The number of nitrogens with one attached hydrogen (secondary N) is 1. The maximum Gasteiger partial charge on any atom is 0.119 e. The topological polar surface area (TPSA) is 21.3 Å². The van der Waals surface area contributed by atoms with Gasteiger partial charge in [-0.05, 0) is 48.4 Å². The van der Waals surface area contributed by atoms with E-state index in [-0.39, 0.29) is 0 Å². The minimum Gasteiger partial charge on any atom is -0.497 e. The van der Waals surface area contributed by atoms with Crippen LogP contribution in [0.5, 0.6) is 5.75 Å². The highest BCUT2D eigenvalue weighted by Crippen LogP contribution is 2.37. The van der Waals surface area contributed by atoms with Crippen LogP contribution in [0, 0.1) is 0 Å². The van der Waals surface area contributed by atoms with E-state index >= 15 is 0 Å². The standard InChI is InChI=1S/C18H21NOS/c1-13(14-6-5-7-15(12-14)20-2)19-17-10-11-21-18-9-4-3-8-16(17)18/h3-9,12-13,17,19H,10-11H2,1-2H3. The summed E-state index contributed by atoms with van der Waals surface area (Å²) in [6, 6.07) is 17.8. The minimum atomic E-state index is 0.307. The maximum absolute atomic E-state index is 5.32. The molecule has 3 rings (SSSR count). The molecular formula is C18H21NOS. The van der Waals surface area contributed by atoms with Crippen molar-refractivity contribution >= 4 is 11.8 Å². The Morgan fingerprint density at radius 2 is 2.05 bits per heavy atom. The van der Waals surface area contributed by atoms with Crippen molar-refractivity contribution in [3.63, 3.8) is 0 Å². The smallest absolute Gasteiger partial charge is 0.119 e. The molecule has 110 valence electrons. The number of hydrogen-bond donors (Lipinski definition) is 1. The molecule has 21 heavy (non-hydrogen) atoms. The molecule has 1 heterocycles. The summed E-state index contributed by atoms with van der Waals surface area (Å²) in [5.74, 6) is 2.10. The second-order valence-electron chi connectivity index (χ2n) is 5.39. The summed E-state index contributed by atoms with van der Waals surface area (Å²) >= 11 is 1.96. The Balaban J connectivity index is 1.77. The van der Waals surface area contributed by atoms with E-state index in [1.54, 1.807) is 7.11 Å². The lowest BCUT2D eigenvalue weighted by Gasteiger charge is -2.29. The van der Waals surface area contributed by atoms with Crippen molar-refractivity contribution in [3.8, 4) is 5.75 Å². The van der Waals surface area contributed by atoms with E-state index < -0.39 is 0 Å². The average Bonchev–Trinajstić information content (AvgIpc) is 2.55. The fourth-order valence-corrected chi connectivity index (χ4v) is 3.95. The number of fused-ring (bicyclic) bond motifs is 1. The molecule has 0 aliphatic carbocycles. The molecular weight excluding hydrogens is 278 g/mol. The Labute approximate surface area is 130 Å². The highest BCUT2D eigenvalue weighted by molar-refractivity contribution is 7.99. The number of methoxy groups -OCH3 is 1. The molecule has 1 N–H and O–H groups in total. The summed E-state index contributed by atoms with van der Waals surface area (Å²) in [6.07, 6.45) is 1.18. The lowest BCUT2D eigenvalue weighted by molar-refractivity contribution is 0.411. The molecule has 3 heteroatoms. The van der Waals surface area contributed by atoms with Crippen LogP contribution in [0.25, 0.3) is 0 Å². The van der Waals surface area contributed by atoms with E-state index in [2.05, 4.69) is 54.7 Å². The zero-order valence-electron chi connectivity index (χ0n) is 12.5. The van der Waals surface area contributed by atoms with Crippen molar-refractivity contribution in [2.45, 2.75) is 30.3 Å². The van der Waals surface area contributed by atoms with E-state index in [4.69, 9.17) is 4.74 Å². The van der Waals surface area contributed by atoms with Gasteiger partial charge in [-0.25, -0.2) is 0 Å². The number of rotatable bonds is 4. The van der Waals surface area contributed by atoms with Gasteiger partial charge in [0.2, 0.25) is 0 Å². The molecule has 0 amide bonds. The van der Waals surface area contributed by atoms with Gasteiger partial charge in [-0.15, -0.1) is 11.8 Å². The monoisotopic (exact) mass is 299 g/mol. The summed E-state index contributed by atoms with van der Waals surface area (Å²) in [5, 5.41) is 3.77. The fourth-order valence-electron chi connectivity index (χ4n) is 2.82. The lowest BCUT2D eigenvalue weighted by Crippen LogP contribution is -2.27. The van der Waals surface area contributed by atoms with E-state index in [0.29, 0.717) is 12.1 Å². The number of hydrogen-bond acceptors (Lipinski definition) is 3. The molecule has 2 atom stereocenters.